The van der Waals surface area contributed by atoms with Crippen molar-refractivity contribution in [3.8, 4) is 0 Å². The summed E-state index contributed by atoms with van der Waals surface area (Å²) in [5, 5.41) is 3.49. The van der Waals surface area contributed by atoms with Crippen LogP contribution in [-0.2, 0) is 11.3 Å². The average Bonchev–Trinajstić information content (AvgIpc) is 2.92. The lowest BCUT2D eigenvalue weighted by atomic mass is 10.1. The van der Waals surface area contributed by atoms with Crippen molar-refractivity contribution < 1.29 is 4.79 Å². The number of aromatic amines is 1. The molecule has 1 amide bonds. The van der Waals surface area contributed by atoms with Gasteiger partial charge in [-0.1, -0.05) is 35.9 Å². The molecule has 6 heteroatoms. The zero-order chi connectivity index (χ0) is 17.8. The third kappa shape index (κ3) is 4.00. The second-order valence-corrected chi connectivity index (χ2v) is 6.17. The molecule has 128 valence electrons. The molecule has 0 atom stereocenters. The average molecular weight is 356 g/mol. The van der Waals surface area contributed by atoms with Crippen molar-refractivity contribution >= 4 is 34.6 Å². The van der Waals surface area contributed by atoms with Crippen LogP contribution in [0.1, 0.15) is 12.5 Å². The molecule has 0 fully saturated rings. The van der Waals surface area contributed by atoms with Gasteiger partial charge >= 0.3 is 5.69 Å². The molecule has 0 unspecified atom stereocenters. The molecule has 0 spiro atoms. The number of benzene rings is 2. The summed E-state index contributed by atoms with van der Waals surface area (Å²) >= 11 is 5.85. The van der Waals surface area contributed by atoms with Crippen molar-refractivity contribution in [2.75, 3.05) is 6.54 Å². The summed E-state index contributed by atoms with van der Waals surface area (Å²) in [5.41, 5.74) is 2.94. The van der Waals surface area contributed by atoms with E-state index >= 15 is 0 Å². The van der Waals surface area contributed by atoms with E-state index in [1.807, 2.05) is 36.4 Å². The fraction of sp³-hybridized carbons (Fsp3) is 0.158. The minimum atomic E-state index is -0.177. The lowest BCUT2D eigenvalue weighted by Crippen LogP contribution is -2.30. The number of carbonyl (C=O) groups excluding carboxylic acids is 1. The van der Waals surface area contributed by atoms with E-state index in [1.54, 1.807) is 29.7 Å². The van der Waals surface area contributed by atoms with Gasteiger partial charge in [-0.3, -0.25) is 9.36 Å². The van der Waals surface area contributed by atoms with Crippen molar-refractivity contribution in [1.82, 2.24) is 14.9 Å². The van der Waals surface area contributed by atoms with E-state index in [1.165, 1.54) is 0 Å². The van der Waals surface area contributed by atoms with E-state index in [0.29, 0.717) is 23.7 Å². The standard InChI is InChI=1S/C19H18ClN3O2/c1-13(12-14-6-8-15(20)9-7-14)18(24)21-10-11-23-17-5-3-2-4-16(17)22-19(23)25/h2-9,12H,10-11H2,1H3,(H,21,24)(H,22,25)/b13-12+. The molecule has 0 saturated heterocycles. The number of rotatable bonds is 5. The molecule has 0 aliphatic carbocycles. The van der Waals surface area contributed by atoms with Crippen LogP contribution >= 0.6 is 11.6 Å². The Balaban J connectivity index is 1.63. The van der Waals surface area contributed by atoms with Crippen LogP contribution in [0, 0.1) is 0 Å². The van der Waals surface area contributed by atoms with Crippen molar-refractivity contribution in [2.45, 2.75) is 13.5 Å². The van der Waals surface area contributed by atoms with Crippen LogP contribution < -0.4 is 11.0 Å². The van der Waals surface area contributed by atoms with Gasteiger partial charge in [0.2, 0.25) is 5.91 Å². The Morgan fingerprint density at radius 1 is 1.20 bits per heavy atom. The number of hydrogen-bond acceptors (Lipinski definition) is 2. The number of amides is 1. The van der Waals surface area contributed by atoms with E-state index in [9.17, 15) is 9.59 Å². The quantitative estimate of drug-likeness (QED) is 0.690. The van der Waals surface area contributed by atoms with E-state index in [2.05, 4.69) is 10.3 Å². The third-order valence-corrected chi connectivity index (χ3v) is 4.17. The number of hydrogen-bond donors (Lipinski definition) is 2. The maximum atomic E-state index is 12.2. The number of fused-ring (bicyclic) bond motifs is 1. The van der Waals surface area contributed by atoms with Crippen LogP contribution in [0.3, 0.4) is 0 Å². The number of para-hydroxylation sites is 2. The summed E-state index contributed by atoms with van der Waals surface area (Å²) in [6, 6.07) is 14.7. The van der Waals surface area contributed by atoms with Crippen LogP contribution in [0.5, 0.6) is 0 Å². The van der Waals surface area contributed by atoms with E-state index < -0.39 is 0 Å². The van der Waals surface area contributed by atoms with E-state index in [-0.39, 0.29) is 11.6 Å². The van der Waals surface area contributed by atoms with Gasteiger partial charge in [0, 0.05) is 23.7 Å². The number of carbonyl (C=O) groups is 1. The SMILES string of the molecule is C/C(=C\c1ccc(Cl)cc1)C(=O)NCCn1c(=O)[nH]c2ccccc21. The lowest BCUT2D eigenvalue weighted by molar-refractivity contribution is -0.117. The number of aromatic nitrogens is 2. The molecule has 3 aromatic rings. The number of halogens is 1. The Kier molecular flexibility index (Phi) is 5.05. The van der Waals surface area contributed by atoms with Gasteiger partial charge in [-0.25, -0.2) is 4.79 Å². The van der Waals surface area contributed by atoms with Crippen molar-refractivity contribution in [1.29, 1.82) is 0 Å². The topological polar surface area (TPSA) is 66.9 Å². The molecule has 1 heterocycles. The first-order valence-corrected chi connectivity index (χ1v) is 8.32. The van der Waals surface area contributed by atoms with Gasteiger partial charge in [-0.05, 0) is 42.8 Å². The lowest BCUT2D eigenvalue weighted by Gasteiger charge is -2.07. The smallest absolute Gasteiger partial charge is 0.326 e. The highest BCUT2D eigenvalue weighted by molar-refractivity contribution is 6.30. The molecule has 0 aliphatic rings. The molecule has 5 nitrogen and oxygen atoms in total. The molecular formula is C19H18ClN3O2. The Bertz CT molecular complexity index is 984. The normalized spacial score (nSPS) is 11.7. The van der Waals surface area contributed by atoms with Crippen LogP contribution in [0.2, 0.25) is 5.02 Å². The minimum absolute atomic E-state index is 0.164. The fourth-order valence-electron chi connectivity index (χ4n) is 2.62. The Morgan fingerprint density at radius 2 is 1.92 bits per heavy atom. The van der Waals surface area contributed by atoms with E-state index in [0.717, 1.165) is 16.6 Å². The van der Waals surface area contributed by atoms with E-state index in [4.69, 9.17) is 11.6 Å². The van der Waals surface area contributed by atoms with Gasteiger partial charge in [0.25, 0.3) is 0 Å². The Morgan fingerprint density at radius 3 is 2.68 bits per heavy atom. The summed E-state index contributed by atoms with van der Waals surface area (Å²) in [7, 11) is 0. The van der Waals surface area contributed by atoms with Crippen LogP contribution in [-0.4, -0.2) is 22.0 Å². The maximum Gasteiger partial charge on any atom is 0.326 e. The summed E-state index contributed by atoms with van der Waals surface area (Å²) in [6.07, 6.45) is 1.80. The second kappa shape index (κ2) is 7.40. The van der Waals surface area contributed by atoms with Crippen LogP contribution in [0.4, 0.5) is 0 Å². The molecule has 0 bridgehead atoms. The van der Waals surface area contributed by atoms with Gasteiger partial charge in [-0.2, -0.15) is 0 Å². The highest BCUT2D eigenvalue weighted by atomic mass is 35.5. The van der Waals surface area contributed by atoms with Gasteiger partial charge < -0.3 is 10.3 Å². The molecule has 2 aromatic carbocycles. The Hall–Kier alpha value is -2.79. The Labute approximate surface area is 149 Å². The molecular weight excluding hydrogens is 338 g/mol. The van der Waals surface area contributed by atoms with Gasteiger partial charge in [0.05, 0.1) is 11.0 Å². The highest BCUT2D eigenvalue weighted by Gasteiger charge is 2.07. The van der Waals surface area contributed by atoms with Gasteiger partial charge in [0.1, 0.15) is 0 Å². The molecule has 0 aliphatic heterocycles. The molecule has 1 aromatic heterocycles. The second-order valence-electron chi connectivity index (χ2n) is 5.73. The third-order valence-electron chi connectivity index (χ3n) is 3.91. The predicted molar refractivity (Wildman–Crippen MR) is 101 cm³/mol. The largest absolute Gasteiger partial charge is 0.351 e. The van der Waals surface area contributed by atoms with Crippen LogP contribution in [0.15, 0.2) is 58.9 Å². The number of nitrogens with zero attached hydrogens (tertiary/aromatic N) is 1. The monoisotopic (exact) mass is 355 g/mol. The zero-order valence-electron chi connectivity index (χ0n) is 13.8. The predicted octanol–water partition coefficient (Wildman–Crippen LogP) is 3.20. The molecule has 0 radical (unpaired) electrons. The fourth-order valence-corrected chi connectivity index (χ4v) is 2.75. The maximum absolute atomic E-state index is 12.2. The molecule has 3 rings (SSSR count). The van der Waals surface area contributed by atoms with Crippen molar-refractivity contribution in [3.05, 3.63) is 75.2 Å². The van der Waals surface area contributed by atoms with Crippen LogP contribution in [0.25, 0.3) is 17.1 Å². The first-order chi connectivity index (χ1) is 12.0. The first kappa shape index (κ1) is 17.0. The molecule has 25 heavy (non-hydrogen) atoms. The summed E-state index contributed by atoms with van der Waals surface area (Å²) in [5.74, 6) is -0.164. The number of H-pyrrole nitrogens is 1. The van der Waals surface area contributed by atoms with Crippen molar-refractivity contribution in [2.24, 2.45) is 0 Å². The zero-order valence-corrected chi connectivity index (χ0v) is 14.5. The summed E-state index contributed by atoms with van der Waals surface area (Å²) < 4.78 is 1.62. The number of nitrogens with one attached hydrogen (secondary N) is 2. The molecule has 0 saturated carbocycles. The number of imidazole rings is 1. The minimum Gasteiger partial charge on any atom is -0.351 e. The highest BCUT2D eigenvalue weighted by Crippen LogP contribution is 2.12. The molecule has 2 N–H and O–H groups in total. The summed E-state index contributed by atoms with van der Waals surface area (Å²) in [4.78, 5) is 27.0. The first-order valence-electron chi connectivity index (χ1n) is 7.94. The van der Waals surface area contributed by atoms with Crippen molar-refractivity contribution in [3.63, 3.8) is 0 Å². The van der Waals surface area contributed by atoms with Gasteiger partial charge in [-0.15, -0.1) is 0 Å². The summed E-state index contributed by atoms with van der Waals surface area (Å²) in [6.45, 7) is 2.52. The van der Waals surface area contributed by atoms with Gasteiger partial charge in [0.15, 0.2) is 0 Å².